The monoisotopic (exact) mass is 467 g/mol. The summed E-state index contributed by atoms with van der Waals surface area (Å²) < 4.78 is 13.3. The zero-order chi connectivity index (χ0) is 24.1. The van der Waals surface area contributed by atoms with E-state index < -0.39 is 11.7 Å². The molecule has 2 N–H and O–H groups in total. The van der Waals surface area contributed by atoms with E-state index >= 15 is 0 Å². The van der Waals surface area contributed by atoms with Crippen LogP contribution in [0.5, 0.6) is 0 Å². The summed E-state index contributed by atoms with van der Waals surface area (Å²) >= 11 is 1.15. The van der Waals surface area contributed by atoms with Crippen molar-refractivity contribution in [3.63, 3.8) is 0 Å². The second kappa shape index (κ2) is 10.4. The van der Waals surface area contributed by atoms with Crippen molar-refractivity contribution in [1.82, 2.24) is 10.2 Å². The van der Waals surface area contributed by atoms with Gasteiger partial charge in [-0.25, -0.2) is 4.39 Å². The van der Waals surface area contributed by atoms with E-state index in [-0.39, 0.29) is 23.4 Å². The summed E-state index contributed by atoms with van der Waals surface area (Å²) in [5, 5.41) is 6.08. The first-order valence-electron chi connectivity index (χ1n) is 10.5. The topological polar surface area (TPSA) is 78.5 Å². The molecule has 0 fully saturated rings. The minimum atomic E-state index is -0.491. The van der Waals surface area contributed by atoms with E-state index in [1.54, 1.807) is 37.1 Å². The maximum atomic E-state index is 13.3. The van der Waals surface area contributed by atoms with Crippen molar-refractivity contribution >= 4 is 34.1 Å². The van der Waals surface area contributed by atoms with Crippen LogP contribution in [0, 0.1) is 12.7 Å². The van der Waals surface area contributed by atoms with Crippen LogP contribution < -0.4 is 10.6 Å². The number of nitrogens with one attached hydrogen (secondary N) is 2. The van der Waals surface area contributed by atoms with Crippen LogP contribution in [0.1, 0.15) is 55.4 Å². The van der Waals surface area contributed by atoms with Crippen LogP contribution in [0.15, 0.2) is 54.6 Å². The van der Waals surface area contributed by atoms with Crippen molar-refractivity contribution < 1.29 is 18.8 Å². The normalized spacial score (nSPS) is 10.7. The number of anilines is 1. The van der Waals surface area contributed by atoms with Gasteiger partial charge in [-0.2, -0.15) is 0 Å². The molecule has 6 nitrogen and oxygen atoms in total. The van der Waals surface area contributed by atoms with Gasteiger partial charge in [0.15, 0.2) is 0 Å². The fourth-order valence-corrected chi connectivity index (χ4v) is 4.03. The van der Waals surface area contributed by atoms with Gasteiger partial charge >= 0.3 is 0 Å². The Morgan fingerprint density at radius 1 is 1.00 bits per heavy atom. The molecule has 0 unspecified atom stereocenters. The molecule has 3 amide bonds. The summed E-state index contributed by atoms with van der Waals surface area (Å²) in [6.07, 6.45) is 0. The van der Waals surface area contributed by atoms with Crippen LogP contribution in [-0.4, -0.2) is 35.7 Å². The lowest BCUT2D eigenvalue weighted by atomic mass is 10.1. The Morgan fingerprint density at radius 2 is 1.70 bits per heavy atom. The van der Waals surface area contributed by atoms with E-state index in [1.807, 2.05) is 26.0 Å². The predicted octanol–water partition coefficient (Wildman–Crippen LogP) is 4.86. The molecule has 0 radical (unpaired) electrons. The van der Waals surface area contributed by atoms with Gasteiger partial charge in [0.05, 0.1) is 9.88 Å². The summed E-state index contributed by atoms with van der Waals surface area (Å²) in [5.41, 5.74) is 2.38. The number of hydrogen-bond acceptors (Lipinski definition) is 4. The molecule has 0 bridgehead atoms. The van der Waals surface area contributed by atoms with Crippen LogP contribution in [0.2, 0.25) is 0 Å². The van der Waals surface area contributed by atoms with Crippen molar-refractivity contribution in [2.24, 2.45) is 0 Å². The van der Waals surface area contributed by atoms with E-state index in [0.717, 1.165) is 28.5 Å². The molecule has 2 aromatic carbocycles. The summed E-state index contributed by atoms with van der Waals surface area (Å²) in [4.78, 5) is 39.5. The molecular weight excluding hydrogens is 441 g/mol. The number of aryl methyl sites for hydroxylation is 1. The molecule has 0 saturated heterocycles. The van der Waals surface area contributed by atoms with Gasteiger partial charge in [-0.05, 0) is 68.3 Å². The summed E-state index contributed by atoms with van der Waals surface area (Å²) in [6, 6.07) is 14.4. The van der Waals surface area contributed by atoms with Gasteiger partial charge in [0.2, 0.25) is 0 Å². The fourth-order valence-electron chi connectivity index (χ4n) is 3.05. The Kier molecular flexibility index (Phi) is 7.60. The zero-order valence-electron chi connectivity index (χ0n) is 18.9. The average molecular weight is 468 g/mol. The van der Waals surface area contributed by atoms with Crippen LogP contribution in [0.3, 0.4) is 0 Å². The summed E-state index contributed by atoms with van der Waals surface area (Å²) in [6.45, 7) is 5.99. The van der Waals surface area contributed by atoms with E-state index in [2.05, 4.69) is 10.6 Å². The Bertz CT molecular complexity index is 1170. The molecule has 8 heteroatoms. The van der Waals surface area contributed by atoms with Crippen molar-refractivity contribution in [3.8, 4) is 0 Å². The number of amides is 3. The second-order valence-corrected chi connectivity index (χ2v) is 9.03. The van der Waals surface area contributed by atoms with Gasteiger partial charge in [0.25, 0.3) is 17.7 Å². The molecule has 3 aromatic rings. The van der Waals surface area contributed by atoms with Crippen LogP contribution in [0.4, 0.5) is 9.39 Å². The Morgan fingerprint density at radius 3 is 2.33 bits per heavy atom. The van der Waals surface area contributed by atoms with E-state index in [9.17, 15) is 18.8 Å². The lowest BCUT2D eigenvalue weighted by Gasteiger charge is -2.21. The van der Waals surface area contributed by atoms with Gasteiger partial charge in [-0.1, -0.05) is 18.2 Å². The Hall–Kier alpha value is -3.52. The molecule has 0 saturated carbocycles. The highest BCUT2D eigenvalue weighted by Crippen LogP contribution is 2.27. The summed E-state index contributed by atoms with van der Waals surface area (Å²) in [5.74, 6) is -1.25. The lowest BCUT2D eigenvalue weighted by Crippen LogP contribution is -2.32. The summed E-state index contributed by atoms with van der Waals surface area (Å²) in [7, 11) is 1.76. The minimum Gasteiger partial charge on any atom is -0.347 e. The number of hydrogen-bond donors (Lipinski definition) is 2. The maximum absolute atomic E-state index is 13.3. The predicted molar refractivity (Wildman–Crippen MR) is 128 cm³/mol. The largest absolute Gasteiger partial charge is 0.347 e. The van der Waals surface area contributed by atoms with Gasteiger partial charge < -0.3 is 15.5 Å². The number of thiophene rings is 1. The first-order chi connectivity index (χ1) is 15.7. The number of halogens is 1. The smallest absolute Gasteiger partial charge is 0.261 e. The van der Waals surface area contributed by atoms with Crippen LogP contribution in [0.25, 0.3) is 0 Å². The standard InChI is InChI=1S/C25H26FN3O3S/c1-15(2)29(4)25(32)18-10-8-17(9-11-18)14-27-24(31)22-16(3)12-21(33-22)28-23(30)19-6-5-7-20(26)13-19/h5-13,15H,14H2,1-4H3,(H,27,31)(H,28,30). The minimum absolute atomic E-state index is 0.0531. The molecule has 1 heterocycles. The van der Waals surface area contributed by atoms with E-state index in [4.69, 9.17) is 0 Å². The molecule has 0 aliphatic rings. The molecule has 0 atom stereocenters. The number of rotatable bonds is 7. The Labute approximate surface area is 196 Å². The van der Waals surface area contributed by atoms with Gasteiger partial charge in [0, 0.05) is 30.8 Å². The van der Waals surface area contributed by atoms with Gasteiger partial charge in [-0.15, -0.1) is 11.3 Å². The molecule has 33 heavy (non-hydrogen) atoms. The maximum Gasteiger partial charge on any atom is 0.261 e. The molecular formula is C25H26FN3O3S. The molecule has 3 rings (SSSR count). The van der Waals surface area contributed by atoms with Crippen molar-refractivity contribution in [3.05, 3.63) is 87.5 Å². The van der Waals surface area contributed by atoms with Crippen LogP contribution in [-0.2, 0) is 6.54 Å². The quantitative estimate of drug-likeness (QED) is 0.521. The number of carbonyl (C=O) groups is 3. The molecule has 0 aliphatic carbocycles. The second-order valence-electron chi connectivity index (χ2n) is 7.98. The van der Waals surface area contributed by atoms with Crippen LogP contribution >= 0.6 is 11.3 Å². The zero-order valence-corrected chi connectivity index (χ0v) is 19.8. The molecule has 1 aromatic heterocycles. The third-order valence-corrected chi connectivity index (χ3v) is 6.35. The van der Waals surface area contributed by atoms with Crippen molar-refractivity contribution in [2.75, 3.05) is 12.4 Å². The number of benzene rings is 2. The highest BCUT2D eigenvalue weighted by atomic mass is 32.1. The average Bonchev–Trinajstić information content (AvgIpc) is 3.16. The Balaban J connectivity index is 1.60. The highest BCUT2D eigenvalue weighted by molar-refractivity contribution is 7.18. The van der Waals surface area contributed by atoms with Gasteiger partial charge in [-0.3, -0.25) is 14.4 Å². The molecule has 0 aliphatic heterocycles. The van der Waals surface area contributed by atoms with E-state index in [0.29, 0.717) is 22.0 Å². The van der Waals surface area contributed by atoms with E-state index in [1.165, 1.54) is 18.2 Å². The third-order valence-electron chi connectivity index (χ3n) is 5.20. The molecule has 172 valence electrons. The lowest BCUT2D eigenvalue weighted by molar-refractivity contribution is 0.0754. The SMILES string of the molecule is Cc1cc(NC(=O)c2cccc(F)c2)sc1C(=O)NCc1ccc(C(=O)N(C)C(C)C)cc1. The van der Waals surface area contributed by atoms with Crippen molar-refractivity contribution in [1.29, 1.82) is 0 Å². The third kappa shape index (κ3) is 6.04. The highest BCUT2D eigenvalue weighted by Gasteiger charge is 2.17. The number of nitrogens with zero attached hydrogens (tertiary/aromatic N) is 1. The fraction of sp³-hybridized carbons (Fsp3) is 0.240. The molecule has 0 spiro atoms. The number of carbonyl (C=O) groups excluding carboxylic acids is 3. The van der Waals surface area contributed by atoms with Crippen molar-refractivity contribution in [2.45, 2.75) is 33.4 Å². The van der Waals surface area contributed by atoms with Gasteiger partial charge in [0.1, 0.15) is 5.82 Å². The first kappa shape index (κ1) is 24.1. The first-order valence-corrected chi connectivity index (χ1v) is 11.3.